The lowest BCUT2D eigenvalue weighted by Crippen LogP contribution is -2.21. The van der Waals surface area contributed by atoms with Gasteiger partial charge in [0.2, 0.25) is 5.89 Å². The number of hydrogen-bond donors (Lipinski definition) is 0. The molecule has 118 valence electrons. The maximum atomic E-state index is 11.9. The highest BCUT2D eigenvalue weighted by atomic mass is 19.4. The fraction of sp³-hybridized carbons (Fsp3) is 0.769. The number of alkyl halides is 3. The van der Waals surface area contributed by atoms with Gasteiger partial charge in [0.1, 0.15) is 12.4 Å². The average Bonchev–Trinajstić information content (AvgIpc) is 2.84. The Labute approximate surface area is 119 Å². The normalized spacial score (nSPS) is 20.0. The van der Waals surface area contributed by atoms with Crippen molar-refractivity contribution in [1.29, 1.82) is 0 Å². The fourth-order valence-electron chi connectivity index (χ4n) is 2.31. The van der Waals surface area contributed by atoms with E-state index < -0.39 is 12.8 Å². The first-order valence-electron chi connectivity index (χ1n) is 6.93. The number of hydrogen-bond acceptors (Lipinski definition) is 5. The number of carbonyl (C=O) groups is 1. The second-order valence-electron chi connectivity index (χ2n) is 5.14. The number of halogens is 3. The molecule has 1 fully saturated rings. The molecule has 1 aliphatic carbocycles. The van der Waals surface area contributed by atoms with Crippen LogP contribution in [0, 0.1) is 5.92 Å². The molecule has 1 aromatic rings. The minimum Gasteiger partial charge on any atom is -0.372 e. The van der Waals surface area contributed by atoms with Crippen molar-refractivity contribution in [2.24, 2.45) is 5.92 Å². The van der Waals surface area contributed by atoms with Crippen molar-refractivity contribution < 1.29 is 27.2 Å². The molecular weight excluding hydrogens is 289 g/mol. The third-order valence-electron chi connectivity index (χ3n) is 3.35. The molecule has 8 heteroatoms. The fourth-order valence-corrected chi connectivity index (χ4v) is 2.31. The number of carbonyl (C=O) groups excluding carboxylic acids is 1. The SMILES string of the molecule is O=C1CCCCC1Cc1nc(CCOCC(F)(F)F)no1. The van der Waals surface area contributed by atoms with Crippen LogP contribution in [0.1, 0.15) is 37.4 Å². The first kappa shape index (κ1) is 15.9. The van der Waals surface area contributed by atoms with Crippen molar-refractivity contribution in [1.82, 2.24) is 10.1 Å². The summed E-state index contributed by atoms with van der Waals surface area (Å²) in [5, 5.41) is 3.68. The third kappa shape index (κ3) is 5.45. The van der Waals surface area contributed by atoms with Crippen LogP contribution < -0.4 is 0 Å². The molecule has 2 rings (SSSR count). The second-order valence-corrected chi connectivity index (χ2v) is 5.14. The van der Waals surface area contributed by atoms with Gasteiger partial charge in [0, 0.05) is 25.2 Å². The van der Waals surface area contributed by atoms with Gasteiger partial charge in [-0.05, 0) is 12.8 Å². The Morgan fingerprint density at radius 2 is 2.14 bits per heavy atom. The Hall–Kier alpha value is -1.44. The summed E-state index contributed by atoms with van der Waals surface area (Å²) in [6.07, 6.45) is -0.400. The van der Waals surface area contributed by atoms with E-state index in [9.17, 15) is 18.0 Å². The molecule has 21 heavy (non-hydrogen) atoms. The molecule has 0 amide bonds. The maximum Gasteiger partial charge on any atom is 0.411 e. The molecule has 0 aromatic carbocycles. The first-order valence-corrected chi connectivity index (χ1v) is 6.93. The van der Waals surface area contributed by atoms with Gasteiger partial charge in [-0.3, -0.25) is 4.79 Å². The standard InChI is InChI=1S/C13H17F3N2O3/c14-13(15,16)8-20-6-5-11-17-12(21-18-11)7-9-3-1-2-4-10(9)19/h9H,1-8H2. The van der Waals surface area contributed by atoms with E-state index in [0.29, 0.717) is 24.6 Å². The van der Waals surface area contributed by atoms with Crippen molar-refractivity contribution in [3.63, 3.8) is 0 Å². The molecular formula is C13H17F3N2O3. The van der Waals surface area contributed by atoms with E-state index in [4.69, 9.17) is 4.52 Å². The molecule has 1 saturated carbocycles. The van der Waals surface area contributed by atoms with Crippen LogP contribution in [0.5, 0.6) is 0 Å². The number of nitrogens with zero attached hydrogens (tertiary/aromatic N) is 2. The lowest BCUT2D eigenvalue weighted by molar-refractivity contribution is -0.173. The molecule has 0 saturated heterocycles. The molecule has 0 N–H and O–H groups in total. The summed E-state index contributed by atoms with van der Waals surface area (Å²) in [4.78, 5) is 15.8. The van der Waals surface area contributed by atoms with E-state index >= 15 is 0 Å². The van der Waals surface area contributed by atoms with Gasteiger partial charge >= 0.3 is 6.18 Å². The van der Waals surface area contributed by atoms with Crippen LogP contribution in [0.2, 0.25) is 0 Å². The van der Waals surface area contributed by atoms with E-state index in [2.05, 4.69) is 14.9 Å². The smallest absolute Gasteiger partial charge is 0.372 e. The summed E-state index contributed by atoms with van der Waals surface area (Å²) in [7, 11) is 0. The van der Waals surface area contributed by atoms with Crippen LogP contribution in [0.25, 0.3) is 0 Å². The first-order chi connectivity index (χ1) is 9.94. The predicted octanol–water partition coefficient (Wildman–Crippen LogP) is 2.49. The van der Waals surface area contributed by atoms with Gasteiger partial charge in [0.05, 0.1) is 6.61 Å². The topological polar surface area (TPSA) is 65.2 Å². The summed E-state index contributed by atoms with van der Waals surface area (Å²) in [6, 6.07) is 0. The predicted molar refractivity (Wildman–Crippen MR) is 65.5 cm³/mol. The zero-order valence-electron chi connectivity index (χ0n) is 11.5. The molecule has 1 heterocycles. The van der Waals surface area contributed by atoms with Crippen LogP contribution in [-0.4, -0.2) is 35.3 Å². The molecule has 5 nitrogen and oxygen atoms in total. The zero-order valence-corrected chi connectivity index (χ0v) is 11.5. The number of Topliss-reactive ketones (excluding diaryl/α,β-unsaturated/α-hetero) is 1. The van der Waals surface area contributed by atoms with Crippen LogP contribution >= 0.6 is 0 Å². The summed E-state index contributed by atoms with van der Waals surface area (Å²) in [5.41, 5.74) is 0. The quantitative estimate of drug-likeness (QED) is 0.755. The molecule has 0 aliphatic heterocycles. The number of rotatable bonds is 6. The highest BCUT2D eigenvalue weighted by Crippen LogP contribution is 2.23. The van der Waals surface area contributed by atoms with E-state index in [0.717, 1.165) is 19.3 Å². The summed E-state index contributed by atoms with van der Waals surface area (Å²) in [5.74, 6) is 0.805. The lowest BCUT2D eigenvalue weighted by atomic mass is 9.86. The molecule has 0 bridgehead atoms. The van der Waals surface area contributed by atoms with Gasteiger partial charge in [-0.1, -0.05) is 11.6 Å². The van der Waals surface area contributed by atoms with Crippen LogP contribution in [0.15, 0.2) is 4.52 Å². The summed E-state index contributed by atoms with van der Waals surface area (Å²) >= 11 is 0. The third-order valence-corrected chi connectivity index (χ3v) is 3.35. The van der Waals surface area contributed by atoms with Crippen LogP contribution in [-0.2, 0) is 22.4 Å². The number of ether oxygens (including phenoxy) is 1. The number of aromatic nitrogens is 2. The van der Waals surface area contributed by atoms with Crippen LogP contribution in [0.3, 0.4) is 0 Å². The zero-order chi connectivity index (χ0) is 15.3. The molecule has 1 aromatic heterocycles. The summed E-state index contributed by atoms with van der Waals surface area (Å²) in [6.45, 7) is -1.41. The molecule has 0 spiro atoms. The van der Waals surface area contributed by atoms with Gasteiger partial charge in [-0.2, -0.15) is 18.2 Å². The highest BCUT2D eigenvalue weighted by molar-refractivity contribution is 5.81. The Morgan fingerprint density at radius 1 is 1.33 bits per heavy atom. The van der Waals surface area contributed by atoms with Crippen molar-refractivity contribution in [2.45, 2.75) is 44.7 Å². The van der Waals surface area contributed by atoms with E-state index in [-0.39, 0.29) is 24.7 Å². The molecule has 1 atom stereocenters. The Kier molecular flexibility index (Phi) is 5.33. The Morgan fingerprint density at radius 3 is 2.86 bits per heavy atom. The van der Waals surface area contributed by atoms with Crippen molar-refractivity contribution in [3.05, 3.63) is 11.7 Å². The Balaban J connectivity index is 1.75. The Bertz CT molecular complexity index is 473. The van der Waals surface area contributed by atoms with Crippen molar-refractivity contribution in [3.8, 4) is 0 Å². The molecule has 1 aliphatic rings. The maximum absolute atomic E-state index is 11.9. The van der Waals surface area contributed by atoms with Gasteiger partial charge in [-0.25, -0.2) is 0 Å². The van der Waals surface area contributed by atoms with Crippen molar-refractivity contribution in [2.75, 3.05) is 13.2 Å². The summed E-state index contributed by atoms with van der Waals surface area (Å²) < 4.78 is 45.1. The van der Waals surface area contributed by atoms with E-state index in [1.54, 1.807) is 0 Å². The molecule has 0 radical (unpaired) electrons. The van der Waals surface area contributed by atoms with Gasteiger partial charge in [-0.15, -0.1) is 0 Å². The van der Waals surface area contributed by atoms with Crippen LogP contribution in [0.4, 0.5) is 13.2 Å². The van der Waals surface area contributed by atoms with Crippen molar-refractivity contribution >= 4 is 5.78 Å². The minimum absolute atomic E-state index is 0.0754. The van der Waals surface area contributed by atoms with Gasteiger partial charge in [0.25, 0.3) is 0 Å². The monoisotopic (exact) mass is 306 g/mol. The van der Waals surface area contributed by atoms with E-state index in [1.165, 1.54) is 0 Å². The van der Waals surface area contributed by atoms with Gasteiger partial charge < -0.3 is 9.26 Å². The number of ketones is 1. The molecule has 1 unspecified atom stereocenters. The highest BCUT2D eigenvalue weighted by Gasteiger charge is 2.27. The van der Waals surface area contributed by atoms with Gasteiger partial charge in [0.15, 0.2) is 5.82 Å². The van der Waals surface area contributed by atoms with E-state index in [1.807, 2.05) is 0 Å². The minimum atomic E-state index is -4.33. The lowest BCUT2D eigenvalue weighted by Gasteiger charge is -2.18. The average molecular weight is 306 g/mol. The largest absolute Gasteiger partial charge is 0.411 e. The second kappa shape index (κ2) is 7.02.